The van der Waals surface area contributed by atoms with E-state index in [-0.39, 0.29) is 15.5 Å². The van der Waals surface area contributed by atoms with Crippen molar-refractivity contribution in [2.45, 2.75) is 25.2 Å². The molecular weight excluding hydrogens is 444 g/mol. The van der Waals surface area contributed by atoms with Crippen molar-refractivity contribution in [3.8, 4) is 0 Å². The van der Waals surface area contributed by atoms with Crippen LogP contribution in [-0.4, -0.2) is 41.9 Å². The Hall–Kier alpha value is -2.33. The third-order valence-corrected chi connectivity index (χ3v) is 7.77. The van der Waals surface area contributed by atoms with Gasteiger partial charge in [0.1, 0.15) is 9.90 Å². The van der Waals surface area contributed by atoms with E-state index in [9.17, 15) is 13.2 Å². The lowest BCUT2D eigenvalue weighted by atomic mass is 10.2. The maximum Gasteiger partial charge on any atom is 0.257 e. The van der Waals surface area contributed by atoms with Crippen LogP contribution in [0.15, 0.2) is 53.4 Å². The molecule has 0 unspecified atom stereocenters. The van der Waals surface area contributed by atoms with Gasteiger partial charge in [0, 0.05) is 25.1 Å². The van der Waals surface area contributed by atoms with Crippen molar-refractivity contribution in [3.63, 3.8) is 0 Å². The number of carbonyl (C=O) groups is 1. The lowest BCUT2D eigenvalue weighted by Gasteiger charge is -2.19. The second kappa shape index (κ2) is 9.65. The van der Waals surface area contributed by atoms with Crippen molar-refractivity contribution >= 4 is 44.0 Å². The fourth-order valence-corrected chi connectivity index (χ4v) is 5.59. The predicted octanol–water partition coefficient (Wildman–Crippen LogP) is 4.07. The molecule has 0 spiro atoms. The molecule has 0 saturated heterocycles. The van der Waals surface area contributed by atoms with Crippen molar-refractivity contribution < 1.29 is 13.2 Å². The predicted molar refractivity (Wildman–Crippen MR) is 119 cm³/mol. The molecule has 0 fully saturated rings. The summed E-state index contributed by atoms with van der Waals surface area (Å²) in [7, 11) is -3.80. The molecule has 0 saturated carbocycles. The van der Waals surface area contributed by atoms with Crippen LogP contribution in [0.3, 0.4) is 0 Å². The number of aromatic nitrogens is 2. The molecule has 3 aromatic rings. The van der Waals surface area contributed by atoms with Gasteiger partial charge in [0.25, 0.3) is 5.91 Å². The summed E-state index contributed by atoms with van der Waals surface area (Å²) in [5.74, 6) is -0.481. The number of halogens is 1. The van der Waals surface area contributed by atoms with Crippen molar-refractivity contribution in [2.75, 3.05) is 18.4 Å². The first-order valence-electron chi connectivity index (χ1n) is 9.32. The van der Waals surface area contributed by atoms with Crippen molar-refractivity contribution in [3.05, 3.63) is 69.7 Å². The van der Waals surface area contributed by atoms with E-state index in [0.29, 0.717) is 24.6 Å². The largest absolute Gasteiger partial charge is 0.296 e. The molecule has 0 radical (unpaired) electrons. The van der Waals surface area contributed by atoms with Crippen LogP contribution in [0.5, 0.6) is 0 Å². The van der Waals surface area contributed by atoms with E-state index in [1.165, 1.54) is 33.8 Å². The fourth-order valence-electron chi connectivity index (χ4n) is 2.86. The van der Waals surface area contributed by atoms with E-state index in [1.807, 2.05) is 30.3 Å². The molecule has 2 aromatic carbocycles. The summed E-state index contributed by atoms with van der Waals surface area (Å²) >= 11 is 7.40. The highest BCUT2D eigenvalue weighted by Gasteiger charge is 2.25. The first-order valence-corrected chi connectivity index (χ1v) is 12.0. The van der Waals surface area contributed by atoms with Gasteiger partial charge in [0.05, 0.1) is 5.02 Å². The number of anilines is 1. The Morgan fingerprint density at radius 2 is 1.80 bits per heavy atom. The SMILES string of the molecule is CCN(CC)S(=O)(=O)c1cc(C(=O)Nc2nnc(Cc3ccccc3)s2)ccc1Cl. The molecule has 1 N–H and O–H groups in total. The summed E-state index contributed by atoms with van der Waals surface area (Å²) in [6.07, 6.45) is 0.613. The molecule has 0 bridgehead atoms. The van der Waals surface area contributed by atoms with E-state index in [2.05, 4.69) is 15.5 Å². The summed E-state index contributed by atoms with van der Waals surface area (Å²) in [5, 5.41) is 12.0. The molecule has 1 aromatic heterocycles. The van der Waals surface area contributed by atoms with Crippen LogP contribution < -0.4 is 5.32 Å². The van der Waals surface area contributed by atoms with Gasteiger partial charge in [-0.1, -0.05) is 67.1 Å². The van der Waals surface area contributed by atoms with Gasteiger partial charge >= 0.3 is 0 Å². The average Bonchev–Trinajstić information content (AvgIpc) is 3.16. The van der Waals surface area contributed by atoms with Crippen molar-refractivity contribution in [2.24, 2.45) is 0 Å². The number of sulfonamides is 1. The van der Waals surface area contributed by atoms with Crippen LogP contribution in [0.25, 0.3) is 0 Å². The van der Waals surface area contributed by atoms with Gasteiger partial charge in [0.2, 0.25) is 15.2 Å². The Morgan fingerprint density at radius 3 is 2.47 bits per heavy atom. The maximum atomic E-state index is 12.8. The minimum Gasteiger partial charge on any atom is -0.296 e. The first kappa shape index (κ1) is 22.4. The fraction of sp³-hybridized carbons (Fsp3) is 0.250. The lowest BCUT2D eigenvalue weighted by molar-refractivity contribution is 0.102. The molecule has 3 rings (SSSR count). The van der Waals surface area contributed by atoms with Crippen LogP contribution in [-0.2, 0) is 16.4 Å². The van der Waals surface area contributed by atoms with Crippen molar-refractivity contribution in [1.82, 2.24) is 14.5 Å². The first-order chi connectivity index (χ1) is 14.3. The van der Waals surface area contributed by atoms with Gasteiger partial charge < -0.3 is 0 Å². The molecule has 0 aliphatic heterocycles. The highest BCUT2D eigenvalue weighted by Crippen LogP contribution is 2.27. The molecule has 1 amide bonds. The summed E-state index contributed by atoms with van der Waals surface area (Å²) in [6, 6.07) is 14.0. The second-order valence-electron chi connectivity index (χ2n) is 6.35. The van der Waals surface area contributed by atoms with Gasteiger partial charge in [-0.05, 0) is 23.8 Å². The maximum absolute atomic E-state index is 12.8. The van der Waals surface area contributed by atoms with E-state index < -0.39 is 15.9 Å². The molecule has 158 valence electrons. The number of rotatable bonds is 8. The molecule has 0 aliphatic carbocycles. The van der Waals surface area contributed by atoms with Gasteiger partial charge in [0.15, 0.2) is 0 Å². The number of hydrogen-bond donors (Lipinski definition) is 1. The van der Waals surface area contributed by atoms with Crippen LogP contribution in [0.4, 0.5) is 5.13 Å². The Labute approximate surface area is 184 Å². The Kier molecular flexibility index (Phi) is 7.19. The van der Waals surface area contributed by atoms with E-state index in [1.54, 1.807) is 13.8 Å². The summed E-state index contributed by atoms with van der Waals surface area (Å²) in [4.78, 5) is 12.6. The Bertz CT molecular complexity index is 1130. The second-order valence-corrected chi connectivity index (χ2v) is 9.73. The van der Waals surface area contributed by atoms with Gasteiger partial charge in [-0.3, -0.25) is 10.1 Å². The minimum atomic E-state index is -3.80. The zero-order chi connectivity index (χ0) is 21.7. The Morgan fingerprint density at radius 1 is 1.10 bits per heavy atom. The summed E-state index contributed by atoms with van der Waals surface area (Å²) in [5.41, 5.74) is 1.26. The van der Waals surface area contributed by atoms with Gasteiger partial charge in [-0.25, -0.2) is 8.42 Å². The zero-order valence-electron chi connectivity index (χ0n) is 16.5. The van der Waals surface area contributed by atoms with Crippen LogP contribution in [0.1, 0.15) is 34.8 Å². The summed E-state index contributed by atoms with van der Waals surface area (Å²) < 4.78 is 26.9. The minimum absolute atomic E-state index is 0.0690. The lowest BCUT2D eigenvalue weighted by Crippen LogP contribution is -2.31. The topological polar surface area (TPSA) is 92.3 Å². The van der Waals surface area contributed by atoms with Gasteiger partial charge in [-0.2, -0.15) is 4.31 Å². The van der Waals surface area contributed by atoms with E-state index in [4.69, 9.17) is 11.6 Å². The third-order valence-electron chi connectivity index (χ3n) is 4.40. The molecule has 30 heavy (non-hydrogen) atoms. The highest BCUT2D eigenvalue weighted by molar-refractivity contribution is 7.89. The smallest absolute Gasteiger partial charge is 0.257 e. The molecule has 1 heterocycles. The molecular formula is C20H21ClN4O3S2. The van der Waals surface area contributed by atoms with Gasteiger partial charge in [-0.15, -0.1) is 10.2 Å². The molecule has 0 atom stereocenters. The Balaban J connectivity index is 1.78. The molecule has 0 aliphatic rings. The normalized spacial score (nSPS) is 11.6. The number of carbonyl (C=O) groups excluding carboxylic acids is 1. The average molecular weight is 465 g/mol. The number of benzene rings is 2. The van der Waals surface area contributed by atoms with E-state index >= 15 is 0 Å². The number of hydrogen-bond acceptors (Lipinski definition) is 6. The number of nitrogens with one attached hydrogen (secondary N) is 1. The molecule has 7 nitrogen and oxygen atoms in total. The monoisotopic (exact) mass is 464 g/mol. The van der Waals surface area contributed by atoms with E-state index in [0.717, 1.165) is 10.6 Å². The molecule has 10 heteroatoms. The summed E-state index contributed by atoms with van der Waals surface area (Å²) in [6.45, 7) is 4.10. The third kappa shape index (κ3) is 5.04. The van der Waals surface area contributed by atoms with Crippen LogP contribution in [0, 0.1) is 0 Å². The zero-order valence-corrected chi connectivity index (χ0v) is 18.9. The van der Waals surface area contributed by atoms with Crippen molar-refractivity contribution in [1.29, 1.82) is 0 Å². The quantitative estimate of drug-likeness (QED) is 0.542. The highest BCUT2D eigenvalue weighted by atomic mass is 35.5. The number of nitrogens with zero attached hydrogens (tertiary/aromatic N) is 3. The van der Waals surface area contributed by atoms with Crippen LogP contribution in [0.2, 0.25) is 5.02 Å². The van der Waals surface area contributed by atoms with Crippen LogP contribution >= 0.6 is 22.9 Å². The number of amides is 1. The standard InChI is InChI=1S/C20H21ClN4O3S2/c1-3-25(4-2)30(27,28)17-13-15(10-11-16(17)21)19(26)22-20-24-23-18(29-20)12-14-8-6-5-7-9-14/h5-11,13H,3-4,12H2,1-2H3,(H,22,24,26).